The van der Waals surface area contributed by atoms with E-state index in [0.29, 0.717) is 37.0 Å². The lowest BCUT2D eigenvalue weighted by Crippen LogP contribution is -2.39. The SMILES string of the molecule is CCOC(=O)C1=C(C)N=c2s/c(=C/c3cc(Br)c(Br)o3)c(=O)n2[C@@H]1c1ccc(C(C)C)cc1. The predicted molar refractivity (Wildman–Crippen MR) is 135 cm³/mol. The molecular formula is C24H22Br2N2O4S. The normalized spacial score (nSPS) is 16.2. The van der Waals surface area contributed by atoms with Crippen molar-refractivity contribution < 1.29 is 13.9 Å². The molecule has 3 aromatic rings. The standard InChI is InChI=1S/C24H22Br2N2O4S/c1-5-31-23(30)19-13(4)27-24-28(20(19)15-8-6-14(7-9-15)12(2)3)22(29)18(33-24)11-16-10-17(25)21(26)32-16/h6-12,20H,5H2,1-4H3/b18-11+/t20-/m1/s1. The second kappa shape index (κ2) is 9.56. The van der Waals surface area contributed by atoms with Crippen LogP contribution in [0.1, 0.15) is 56.5 Å². The molecule has 1 aliphatic heterocycles. The summed E-state index contributed by atoms with van der Waals surface area (Å²) in [6, 6.07) is 9.15. The van der Waals surface area contributed by atoms with Crippen molar-refractivity contribution in [3.05, 3.63) is 87.3 Å². The lowest BCUT2D eigenvalue weighted by Gasteiger charge is -2.25. The van der Waals surface area contributed by atoms with Gasteiger partial charge >= 0.3 is 5.97 Å². The van der Waals surface area contributed by atoms with Gasteiger partial charge in [-0.3, -0.25) is 9.36 Å². The smallest absolute Gasteiger partial charge is 0.338 e. The molecule has 2 aromatic heterocycles. The Bertz CT molecular complexity index is 1410. The number of fused-ring (bicyclic) bond motifs is 1. The van der Waals surface area contributed by atoms with Crippen LogP contribution in [0.25, 0.3) is 6.08 Å². The van der Waals surface area contributed by atoms with E-state index < -0.39 is 12.0 Å². The molecule has 3 heterocycles. The summed E-state index contributed by atoms with van der Waals surface area (Å²) in [5.74, 6) is 0.429. The van der Waals surface area contributed by atoms with Crippen molar-refractivity contribution in [3.8, 4) is 0 Å². The highest BCUT2D eigenvalue weighted by Crippen LogP contribution is 2.32. The summed E-state index contributed by atoms with van der Waals surface area (Å²) in [6.07, 6.45) is 1.68. The Labute approximate surface area is 211 Å². The minimum absolute atomic E-state index is 0.237. The summed E-state index contributed by atoms with van der Waals surface area (Å²) < 4.78 is 14.3. The maximum Gasteiger partial charge on any atom is 0.338 e. The number of thiazole rings is 1. The van der Waals surface area contributed by atoms with Crippen LogP contribution in [0.4, 0.5) is 0 Å². The summed E-state index contributed by atoms with van der Waals surface area (Å²) in [7, 11) is 0. The Morgan fingerprint density at radius 2 is 2.00 bits per heavy atom. The van der Waals surface area contributed by atoms with Gasteiger partial charge in [-0.25, -0.2) is 9.79 Å². The summed E-state index contributed by atoms with van der Waals surface area (Å²) in [5.41, 5.74) is 2.68. The van der Waals surface area contributed by atoms with Gasteiger partial charge in [0.05, 0.1) is 32.9 Å². The molecule has 0 fully saturated rings. The van der Waals surface area contributed by atoms with Crippen LogP contribution in [-0.2, 0) is 9.53 Å². The van der Waals surface area contributed by atoms with Crippen LogP contribution < -0.4 is 14.9 Å². The molecule has 0 N–H and O–H groups in total. The van der Waals surface area contributed by atoms with Crippen molar-refractivity contribution in [3.63, 3.8) is 0 Å². The number of rotatable bonds is 5. The van der Waals surface area contributed by atoms with Gasteiger partial charge in [0.25, 0.3) is 5.56 Å². The van der Waals surface area contributed by atoms with E-state index in [1.165, 1.54) is 16.9 Å². The Morgan fingerprint density at radius 3 is 2.58 bits per heavy atom. The Morgan fingerprint density at radius 1 is 1.30 bits per heavy atom. The van der Waals surface area contributed by atoms with Gasteiger partial charge in [0.15, 0.2) is 9.47 Å². The molecule has 4 rings (SSSR count). The van der Waals surface area contributed by atoms with Crippen molar-refractivity contribution in [2.45, 2.75) is 39.7 Å². The van der Waals surface area contributed by atoms with Crippen molar-refractivity contribution in [1.29, 1.82) is 0 Å². The van der Waals surface area contributed by atoms with E-state index in [0.717, 1.165) is 10.0 Å². The Kier molecular flexibility index (Phi) is 6.93. The monoisotopic (exact) mass is 592 g/mol. The largest absolute Gasteiger partial charge is 0.463 e. The maximum atomic E-state index is 13.5. The highest BCUT2D eigenvalue weighted by molar-refractivity contribution is 9.13. The van der Waals surface area contributed by atoms with E-state index in [2.05, 4.69) is 50.7 Å². The van der Waals surface area contributed by atoms with E-state index in [1.807, 2.05) is 24.3 Å². The lowest BCUT2D eigenvalue weighted by molar-refractivity contribution is -0.139. The minimum atomic E-state index is -0.626. The molecule has 1 aliphatic rings. The van der Waals surface area contributed by atoms with E-state index in [4.69, 9.17) is 9.15 Å². The number of hydrogen-bond donors (Lipinski definition) is 0. The Balaban J connectivity index is 1.93. The number of nitrogens with zero attached hydrogens (tertiary/aromatic N) is 2. The topological polar surface area (TPSA) is 73.8 Å². The van der Waals surface area contributed by atoms with Gasteiger partial charge in [-0.15, -0.1) is 0 Å². The number of carbonyl (C=O) groups is 1. The van der Waals surface area contributed by atoms with Gasteiger partial charge in [0, 0.05) is 6.08 Å². The van der Waals surface area contributed by atoms with Crippen LogP contribution in [-0.4, -0.2) is 17.1 Å². The quantitative estimate of drug-likeness (QED) is 0.389. The molecule has 1 aromatic carbocycles. The van der Waals surface area contributed by atoms with Crippen molar-refractivity contribution in [2.24, 2.45) is 4.99 Å². The molecular weight excluding hydrogens is 572 g/mol. The van der Waals surface area contributed by atoms with E-state index in [-0.39, 0.29) is 12.2 Å². The zero-order valence-electron chi connectivity index (χ0n) is 18.5. The molecule has 9 heteroatoms. The van der Waals surface area contributed by atoms with Gasteiger partial charge < -0.3 is 9.15 Å². The first-order valence-corrected chi connectivity index (χ1v) is 12.9. The molecule has 0 saturated carbocycles. The summed E-state index contributed by atoms with van der Waals surface area (Å²) in [4.78, 5) is 31.6. The average molecular weight is 594 g/mol. The minimum Gasteiger partial charge on any atom is -0.463 e. The first-order valence-electron chi connectivity index (χ1n) is 10.5. The molecule has 0 bridgehead atoms. The second-order valence-corrected chi connectivity index (χ2v) is 10.5. The molecule has 6 nitrogen and oxygen atoms in total. The zero-order chi connectivity index (χ0) is 23.9. The molecule has 0 amide bonds. The molecule has 33 heavy (non-hydrogen) atoms. The summed E-state index contributed by atoms with van der Waals surface area (Å²) in [6.45, 7) is 8.02. The number of allylic oxidation sites excluding steroid dienone is 1. The third-order valence-corrected chi connectivity index (χ3v) is 8.07. The molecule has 0 aliphatic carbocycles. The third kappa shape index (κ3) is 4.58. The van der Waals surface area contributed by atoms with Crippen LogP contribution in [0, 0.1) is 0 Å². The lowest BCUT2D eigenvalue weighted by atomic mass is 9.93. The maximum absolute atomic E-state index is 13.5. The van der Waals surface area contributed by atoms with Crippen LogP contribution in [0.5, 0.6) is 0 Å². The first kappa shape index (κ1) is 23.9. The van der Waals surface area contributed by atoms with Crippen molar-refractivity contribution in [1.82, 2.24) is 4.57 Å². The number of furan rings is 1. The number of esters is 1. The van der Waals surface area contributed by atoms with Crippen molar-refractivity contribution in [2.75, 3.05) is 6.61 Å². The molecule has 0 unspecified atom stereocenters. The predicted octanol–water partition coefficient (Wildman–Crippen LogP) is 5.04. The summed E-state index contributed by atoms with van der Waals surface area (Å²) in [5, 5.41) is 0. The van der Waals surface area contributed by atoms with Crippen LogP contribution in [0.2, 0.25) is 0 Å². The second-order valence-electron chi connectivity index (χ2n) is 7.89. The fourth-order valence-corrected chi connectivity index (χ4v) is 5.37. The molecule has 172 valence electrons. The van der Waals surface area contributed by atoms with Gasteiger partial charge in [0.2, 0.25) is 0 Å². The van der Waals surface area contributed by atoms with E-state index in [1.54, 1.807) is 30.6 Å². The van der Waals surface area contributed by atoms with Gasteiger partial charge in [-0.2, -0.15) is 0 Å². The van der Waals surface area contributed by atoms with Crippen molar-refractivity contribution >= 4 is 55.2 Å². The fraction of sp³-hybridized carbons (Fsp3) is 0.292. The van der Waals surface area contributed by atoms with Crippen LogP contribution >= 0.6 is 43.2 Å². The molecule has 1 atom stereocenters. The number of aromatic nitrogens is 1. The summed E-state index contributed by atoms with van der Waals surface area (Å²) >= 11 is 7.97. The third-order valence-electron chi connectivity index (χ3n) is 5.37. The number of carbonyl (C=O) groups excluding carboxylic acids is 1. The molecule has 0 radical (unpaired) electrons. The molecule has 0 spiro atoms. The highest BCUT2D eigenvalue weighted by atomic mass is 79.9. The van der Waals surface area contributed by atoms with Gasteiger partial charge in [-0.1, -0.05) is 49.4 Å². The van der Waals surface area contributed by atoms with Gasteiger partial charge in [0.1, 0.15) is 5.76 Å². The number of halogens is 2. The first-order chi connectivity index (χ1) is 15.7. The van der Waals surface area contributed by atoms with E-state index in [9.17, 15) is 9.59 Å². The Hall–Kier alpha value is -2.23. The number of ether oxygens (including phenoxy) is 1. The average Bonchev–Trinajstić information content (AvgIpc) is 3.25. The molecule has 0 saturated heterocycles. The number of benzene rings is 1. The number of hydrogen-bond acceptors (Lipinski definition) is 6. The van der Waals surface area contributed by atoms with Crippen LogP contribution in [0.3, 0.4) is 0 Å². The highest BCUT2D eigenvalue weighted by Gasteiger charge is 2.33. The van der Waals surface area contributed by atoms with Crippen LogP contribution in [0.15, 0.2) is 64.9 Å². The zero-order valence-corrected chi connectivity index (χ0v) is 22.5. The fourth-order valence-electron chi connectivity index (χ4n) is 3.73. The van der Waals surface area contributed by atoms with E-state index >= 15 is 0 Å². The van der Waals surface area contributed by atoms with Gasteiger partial charge in [-0.05, 0) is 68.8 Å².